The van der Waals surface area contributed by atoms with Crippen molar-refractivity contribution >= 4 is 16.5 Å². The standard InChI is InChI=1S/C15H27N3S/c1-14(2,3)12-11(9-16-6)19-13(17-12)18-8-7-15(4,5)10-18/h16H,7-10H2,1-6H3. The molecule has 4 heteroatoms. The second kappa shape index (κ2) is 5.06. The molecular weight excluding hydrogens is 254 g/mol. The third kappa shape index (κ3) is 3.29. The molecule has 108 valence electrons. The van der Waals surface area contributed by atoms with Gasteiger partial charge in [0.05, 0.1) is 5.69 Å². The zero-order valence-corrected chi connectivity index (χ0v) is 13.9. The molecule has 2 rings (SSSR count). The summed E-state index contributed by atoms with van der Waals surface area (Å²) in [6.07, 6.45) is 1.26. The summed E-state index contributed by atoms with van der Waals surface area (Å²) in [5.41, 5.74) is 1.80. The first kappa shape index (κ1) is 14.8. The van der Waals surface area contributed by atoms with Gasteiger partial charge in [0.25, 0.3) is 0 Å². The van der Waals surface area contributed by atoms with E-state index in [0.717, 1.165) is 19.6 Å². The van der Waals surface area contributed by atoms with E-state index in [1.54, 1.807) is 0 Å². The number of rotatable bonds is 3. The van der Waals surface area contributed by atoms with Crippen molar-refractivity contribution in [1.82, 2.24) is 10.3 Å². The van der Waals surface area contributed by atoms with Crippen LogP contribution >= 0.6 is 11.3 Å². The molecule has 0 radical (unpaired) electrons. The van der Waals surface area contributed by atoms with Crippen LogP contribution in [0.15, 0.2) is 0 Å². The monoisotopic (exact) mass is 281 g/mol. The second-order valence-corrected chi connectivity index (χ2v) is 8.45. The molecule has 1 aliphatic rings. The largest absolute Gasteiger partial charge is 0.348 e. The van der Waals surface area contributed by atoms with Gasteiger partial charge in [-0.1, -0.05) is 34.6 Å². The molecule has 2 heterocycles. The van der Waals surface area contributed by atoms with Crippen LogP contribution in [0.1, 0.15) is 51.6 Å². The minimum Gasteiger partial charge on any atom is -0.348 e. The lowest BCUT2D eigenvalue weighted by Crippen LogP contribution is -2.23. The number of nitrogens with zero attached hydrogens (tertiary/aromatic N) is 2. The molecule has 0 aromatic carbocycles. The third-order valence-electron chi connectivity index (χ3n) is 3.68. The van der Waals surface area contributed by atoms with E-state index in [4.69, 9.17) is 4.98 Å². The van der Waals surface area contributed by atoms with Gasteiger partial charge in [0.2, 0.25) is 0 Å². The molecule has 0 amide bonds. The maximum Gasteiger partial charge on any atom is 0.185 e. The molecule has 1 aliphatic heterocycles. The minimum atomic E-state index is 0.121. The van der Waals surface area contributed by atoms with Gasteiger partial charge in [0, 0.05) is 29.9 Å². The lowest BCUT2D eigenvalue weighted by atomic mass is 9.91. The van der Waals surface area contributed by atoms with Crippen LogP contribution < -0.4 is 10.2 Å². The van der Waals surface area contributed by atoms with Crippen molar-refractivity contribution in [3.63, 3.8) is 0 Å². The van der Waals surface area contributed by atoms with Crippen LogP contribution in [-0.2, 0) is 12.0 Å². The number of hydrogen-bond donors (Lipinski definition) is 1. The average Bonchev–Trinajstić information content (AvgIpc) is 2.81. The van der Waals surface area contributed by atoms with Crippen molar-refractivity contribution in [1.29, 1.82) is 0 Å². The normalized spacial score (nSPS) is 19.2. The SMILES string of the molecule is CNCc1sc(N2CCC(C)(C)C2)nc1C(C)(C)C. The molecule has 0 spiro atoms. The molecule has 0 aliphatic carbocycles. The molecule has 0 bridgehead atoms. The molecule has 1 saturated heterocycles. The molecule has 1 N–H and O–H groups in total. The summed E-state index contributed by atoms with van der Waals surface area (Å²) in [6, 6.07) is 0. The second-order valence-electron chi connectivity index (χ2n) is 7.38. The summed E-state index contributed by atoms with van der Waals surface area (Å²) in [5, 5.41) is 4.48. The zero-order chi connectivity index (χ0) is 14.3. The highest BCUT2D eigenvalue weighted by atomic mass is 32.1. The summed E-state index contributed by atoms with van der Waals surface area (Å²) >= 11 is 1.86. The van der Waals surface area contributed by atoms with Crippen molar-refractivity contribution in [2.75, 3.05) is 25.0 Å². The van der Waals surface area contributed by atoms with E-state index in [1.165, 1.54) is 22.1 Å². The molecular formula is C15H27N3S. The first-order chi connectivity index (χ1) is 8.73. The van der Waals surface area contributed by atoms with E-state index in [1.807, 2.05) is 18.4 Å². The Balaban J connectivity index is 2.28. The molecule has 0 saturated carbocycles. The van der Waals surface area contributed by atoms with Crippen LogP contribution in [-0.4, -0.2) is 25.1 Å². The summed E-state index contributed by atoms with van der Waals surface area (Å²) in [4.78, 5) is 8.79. The molecule has 0 unspecified atom stereocenters. The fourth-order valence-electron chi connectivity index (χ4n) is 2.62. The van der Waals surface area contributed by atoms with E-state index in [9.17, 15) is 0 Å². The Morgan fingerprint density at radius 1 is 1.37 bits per heavy atom. The topological polar surface area (TPSA) is 28.2 Å². The van der Waals surface area contributed by atoms with Gasteiger partial charge in [-0.3, -0.25) is 0 Å². The molecule has 1 fully saturated rings. The number of thiazole rings is 1. The first-order valence-electron chi connectivity index (χ1n) is 7.13. The Morgan fingerprint density at radius 2 is 2.05 bits per heavy atom. The minimum absolute atomic E-state index is 0.121. The van der Waals surface area contributed by atoms with Crippen LogP contribution in [0.2, 0.25) is 0 Å². The highest BCUT2D eigenvalue weighted by Gasteiger charge is 2.32. The first-order valence-corrected chi connectivity index (χ1v) is 7.94. The van der Waals surface area contributed by atoms with Crippen molar-refractivity contribution in [2.24, 2.45) is 5.41 Å². The van der Waals surface area contributed by atoms with Gasteiger partial charge < -0.3 is 10.2 Å². The summed E-state index contributed by atoms with van der Waals surface area (Å²) in [6.45, 7) is 14.6. The van der Waals surface area contributed by atoms with Crippen molar-refractivity contribution in [3.8, 4) is 0 Å². The predicted octanol–water partition coefficient (Wildman–Crippen LogP) is 3.40. The van der Waals surface area contributed by atoms with E-state index in [0.29, 0.717) is 5.41 Å². The van der Waals surface area contributed by atoms with Gasteiger partial charge in [0.1, 0.15) is 0 Å². The van der Waals surface area contributed by atoms with Crippen LogP contribution in [0.3, 0.4) is 0 Å². The molecule has 1 aromatic rings. The van der Waals surface area contributed by atoms with E-state index >= 15 is 0 Å². The summed E-state index contributed by atoms with van der Waals surface area (Å²) < 4.78 is 0. The Hall–Kier alpha value is -0.610. The number of hydrogen-bond acceptors (Lipinski definition) is 4. The van der Waals surface area contributed by atoms with Gasteiger partial charge in [-0.05, 0) is 18.9 Å². The Bertz CT molecular complexity index is 443. The fourth-order valence-corrected chi connectivity index (χ4v) is 3.92. The summed E-state index contributed by atoms with van der Waals surface area (Å²) in [7, 11) is 2.00. The van der Waals surface area contributed by atoms with E-state index in [-0.39, 0.29) is 5.41 Å². The van der Waals surface area contributed by atoms with Gasteiger partial charge in [-0.15, -0.1) is 11.3 Å². The third-order valence-corrected chi connectivity index (χ3v) is 4.80. The maximum absolute atomic E-state index is 4.95. The number of aromatic nitrogens is 1. The van der Waals surface area contributed by atoms with Gasteiger partial charge in [-0.25, -0.2) is 4.98 Å². The maximum atomic E-state index is 4.95. The number of nitrogens with one attached hydrogen (secondary N) is 1. The lowest BCUT2D eigenvalue weighted by molar-refractivity contribution is 0.418. The fraction of sp³-hybridized carbons (Fsp3) is 0.800. The Kier molecular flexibility index (Phi) is 3.94. The molecule has 0 atom stereocenters. The van der Waals surface area contributed by atoms with Gasteiger partial charge >= 0.3 is 0 Å². The lowest BCUT2D eigenvalue weighted by Gasteiger charge is -2.19. The molecule has 19 heavy (non-hydrogen) atoms. The van der Waals surface area contributed by atoms with Crippen LogP contribution in [0.4, 0.5) is 5.13 Å². The predicted molar refractivity (Wildman–Crippen MR) is 84.2 cm³/mol. The van der Waals surface area contributed by atoms with Crippen LogP contribution in [0, 0.1) is 5.41 Å². The highest BCUT2D eigenvalue weighted by molar-refractivity contribution is 7.15. The average molecular weight is 281 g/mol. The van der Waals surface area contributed by atoms with E-state index < -0.39 is 0 Å². The van der Waals surface area contributed by atoms with Crippen molar-refractivity contribution in [2.45, 2.75) is 53.0 Å². The highest BCUT2D eigenvalue weighted by Crippen LogP contribution is 2.38. The molecule has 3 nitrogen and oxygen atoms in total. The van der Waals surface area contributed by atoms with Crippen molar-refractivity contribution in [3.05, 3.63) is 10.6 Å². The summed E-state index contributed by atoms with van der Waals surface area (Å²) in [5.74, 6) is 0. The van der Waals surface area contributed by atoms with E-state index in [2.05, 4.69) is 44.8 Å². The Labute approximate surface area is 121 Å². The van der Waals surface area contributed by atoms with Crippen molar-refractivity contribution < 1.29 is 0 Å². The van der Waals surface area contributed by atoms with Gasteiger partial charge in [-0.2, -0.15) is 0 Å². The van der Waals surface area contributed by atoms with Crippen LogP contribution in [0.5, 0.6) is 0 Å². The Morgan fingerprint density at radius 3 is 2.53 bits per heavy atom. The smallest absolute Gasteiger partial charge is 0.185 e. The number of anilines is 1. The van der Waals surface area contributed by atoms with Gasteiger partial charge in [0.15, 0.2) is 5.13 Å². The molecule has 1 aromatic heterocycles. The van der Waals surface area contributed by atoms with Crippen LogP contribution in [0.25, 0.3) is 0 Å². The zero-order valence-electron chi connectivity index (χ0n) is 13.1. The quantitative estimate of drug-likeness (QED) is 0.920.